The largest absolute Gasteiger partial charge is 0.350 e. The summed E-state index contributed by atoms with van der Waals surface area (Å²) in [5, 5.41) is 5.70. The molecule has 0 spiro atoms. The third kappa shape index (κ3) is 6.15. The van der Waals surface area contributed by atoms with Crippen LogP contribution in [0.15, 0.2) is 72.8 Å². The molecule has 0 radical (unpaired) electrons. The second kappa shape index (κ2) is 10.4. The van der Waals surface area contributed by atoms with Crippen LogP contribution in [0, 0.1) is 12.7 Å². The van der Waals surface area contributed by atoms with Crippen LogP contribution >= 0.6 is 0 Å². The molecule has 2 N–H and O–H groups in total. The third-order valence-corrected chi connectivity index (χ3v) is 4.90. The Hall–Kier alpha value is -3.67. The highest BCUT2D eigenvalue weighted by Gasteiger charge is 2.17. The maximum Gasteiger partial charge on any atom is 0.326 e. The Balaban J connectivity index is 1.68. The Labute approximate surface area is 181 Å². The van der Waals surface area contributed by atoms with Crippen molar-refractivity contribution in [2.45, 2.75) is 20.3 Å². The maximum atomic E-state index is 13.4. The van der Waals surface area contributed by atoms with Crippen LogP contribution in [0.2, 0.25) is 0 Å². The molecule has 5 nitrogen and oxygen atoms in total. The van der Waals surface area contributed by atoms with Crippen LogP contribution in [-0.4, -0.2) is 25.0 Å². The Bertz CT molecular complexity index is 1030. The van der Waals surface area contributed by atoms with Gasteiger partial charge in [-0.05, 0) is 73.0 Å². The number of rotatable bonds is 7. The van der Waals surface area contributed by atoms with Gasteiger partial charge in [0.25, 0.3) is 5.91 Å². The van der Waals surface area contributed by atoms with Crippen molar-refractivity contribution >= 4 is 23.3 Å². The number of benzene rings is 3. The van der Waals surface area contributed by atoms with Gasteiger partial charge in [0.05, 0.1) is 0 Å². The van der Waals surface area contributed by atoms with Crippen molar-refractivity contribution in [2.75, 3.05) is 23.3 Å². The number of nitrogens with zero attached hydrogens (tertiary/aromatic N) is 1. The average Bonchev–Trinajstić information content (AvgIpc) is 2.77. The minimum atomic E-state index is -0.383. The fourth-order valence-corrected chi connectivity index (χ4v) is 3.16. The Morgan fingerprint density at radius 3 is 2.32 bits per heavy atom. The SMILES string of the molecule is CCc1ccc(C(=O)NCCN(C(=O)Nc2cccc(C)c2)c2ccc(F)cc2)cc1. The number of nitrogens with one attached hydrogen (secondary N) is 2. The van der Waals surface area contributed by atoms with Gasteiger partial charge in [0.1, 0.15) is 5.82 Å². The van der Waals surface area contributed by atoms with Gasteiger partial charge in [-0.15, -0.1) is 0 Å². The molecule has 0 saturated carbocycles. The predicted octanol–water partition coefficient (Wildman–Crippen LogP) is 5.17. The highest BCUT2D eigenvalue weighted by molar-refractivity contribution is 6.02. The van der Waals surface area contributed by atoms with Gasteiger partial charge in [0.2, 0.25) is 0 Å². The molecular formula is C25H26FN3O2. The standard InChI is InChI=1S/C25H26FN3O2/c1-3-19-7-9-20(10-8-19)24(30)27-15-16-29(23-13-11-21(26)12-14-23)25(31)28-22-6-4-5-18(2)17-22/h4-14,17H,3,15-16H2,1-2H3,(H,27,30)(H,28,31). The molecule has 0 bridgehead atoms. The van der Waals surface area contributed by atoms with E-state index in [1.54, 1.807) is 18.2 Å². The zero-order valence-electron chi connectivity index (χ0n) is 17.7. The molecular weight excluding hydrogens is 393 g/mol. The monoisotopic (exact) mass is 419 g/mol. The summed E-state index contributed by atoms with van der Waals surface area (Å²) in [6.07, 6.45) is 0.907. The van der Waals surface area contributed by atoms with E-state index in [4.69, 9.17) is 0 Å². The summed E-state index contributed by atoms with van der Waals surface area (Å²) in [5.74, 6) is -0.590. The van der Waals surface area contributed by atoms with E-state index in [1.807, 2.05) is 37.3 Å². The van der Waals surface area contributed by atoms with E-state index < -0.39 is 0 Å². The molecule has 0 heterocycles. The molecule has 31 heavy (non-hydrogen) atoms. The second-order valence-corrected chi connectivity index (χ2v) is 7.23. The summed E-state index contributed by atoms with van der Waals surface area (Å²) < 4.78 is 13.4. The average molecular weight is 420 g/mol. The van der Waals surface area contributed by atoms with E-state index in [2.05, 4.69) is 17.6 Å². The van der Waals surface area contributed by atoms with E-state index in [0.717, 1.165) is 17.5 Å². The zero-order chi connectivity index (χ0) is 22.2. The Morgan fingerprint density at radius 2 is 1.68 bits per heavy atom. The first-order valence-corrected chi connectivity index (χ1v) is 10.2. The number of urea groups is 1. The lowest BCUT2D eigenvalue weighted by atomic mass is 10.1. The topological polar surface area (TPSA) is 61.4 Å². The van der Waals surface area contributed by atoms with Gasteiger partial charge in [0.15, 0.2) is 0 Å². The van der Waals surface area contributed by atoms with Crippen molar-refractivity contribution in [1.29, 1.82) is 0 Å². The second-order valence-electron chi connectivity index (χ2n) is 7.23. The summed E-state index contributed by atoms with van der Waals surface area (Å²) in [7, 11) is 0. The van der Waals surface area contributed by atoms with Gasteiger partial charge in [-0.2, -0.15) is 0 Å². The van der Waals surface area contributed by atoms with Crippen molar-refractivity contribution in [3.8, 4) is 0 Å². The fraction of sp³-hybridized carbons (Fsp3) is 0.200. The first-order chi connectivity index (χ1) is 15.0. The van der Waals surface area contributed by atoms with Crippen molar-refractivity contribution in [3.05, 3.63) is 95.3 Å². The molecule has 0 unspecified atom stereocenters. The molecule has 0 saturated heterocycles. The van der Waals surface area contributed by atoms with Gasteiger partial charge < -0.3 is 10.6 Å². The van der Waals surface area contributed by atoms with Crippen LogP contribution in [0.1, 0.15) is 28.4 Å². The molecule has 3 aromatic rings. The maximum absolute atomic E-state index is 13.4. The lowest BCUT2D eigenvalue weighted by molar-refractivity contribution is 0.0954. The van der Waals surface area contributed by atoms with Crippen molar-refractivity contribution in [3.63, 3.8) is 0 Å². The van der Waals surface area contributed by atoms with Crippen LogP contribution in [0.5, 0.6) is 0 Å². The highest BCUT2D eigenvalue weighted by atomic mass is 19.1. The van der Waals surface area contributed by atoms with E-state index in [1.165, 1.54) is 29.2 Å². The molecule has 0 aliphatic carbocycles. The van der Waals surface area contributed by atoms with Gasteiger partial charge in [0, 0.05) is 30.0 Å². The zero-order valence-corrected chi connectivity index (χ0v) is 17.7. The minimum Gasteiger partial charge on any atom is -0.350 e. The van der Waals surface area contributed by atoms with Crippen molar-refractivity contribution in [2.24, 2.45) is 0 Å². The number of hydrogen-bond donors (Lipinski definition) is 2. The van der Waals surface area contributed by atoms with Crippen molar-refractivity contribution in [1.82, 2.24) is 5.32 Å². The van der Waals surface area contributed by atoms with Crippen LogP contribution < -0.4 is 15.5 Å². The molecule has 3 rings (SSSR count). The summed E-state index contributed by atoms with van der Waals surface area (Å²) in [5.41, 5.74) is 3.94. The summed E-state index contributed by atoms with van der Waals surface area (Å²) >= 11 is 0. The molecule has 0 aromatic heterocycles. The molecule has 160 valence electrons. The van der Waals surface area contributed by atoms with Gasteiger partial charge in [-0.1, -0.05) is 31.2 Å². The lowest BCUT2D eigenvalue weighted by Gasteiger charge is -2.23. The van der Waals surface area contributed by atoms with Gasteiger partial charge in [-0.25, -0.2) is 9.18 Å². The first kappa shape index (κ1) is 22.0. The smallest absolute Gasteiger partial charge is 0.326 e. The summed E-state index contributed by atoms with van der Waals surface area (Å²) in [4.78, 5) is 26.8. The molecule has 0 aliphatic heterocycles. The molecule has 3 aromatic carbocycles. The van der Waals surface area contributed by atoms with Crippen LogP contribution in [0.3, 0.4) is 0 Å². The van der Waals surface area contributed by atoms with Crippen LogP contribution in [-0.2, 0) is 6.42 Å². The van der Waals surface area contributed by atoms with E-state index >= 15 is 0 Å². The summed E-state index contributed by atoms with van der Waals surface area (Å²) in [6.45, 7) is 4.46. The van der Waals surface area contributed by atoms with E-state index in [0.29, 0.717) is 16.9 Å². The third-order valence-electron chi connectivity index (χ3n) is 4.90. The fourth-order valence-electron chi connectivity index (χ4n) is 3.16. The number of amides is 3. The number of anilines is 2. The van der Waals surface area contributed by atoms with Crippen LogP contribution in [0.4, 0.5) is 20.6 Å². The highest BCUT2D eigenvalue weighted by Crippen LogP contribution is 2.17. The molecule has 0 fully saturated rings. The number of aryl methyl sites for hydroxylation is 2. The number of hydrogen-bond acceptors (Lipinski definition) is 2. The molecule has 6 heteroatoms. The van der Waals surface area contributed by atoms with Gasteiger partial charge in [-0.3, -0.25) is 9.69 Å². The Morgan fingerprint density at radius 1 is 0.968 bits per heavy atom. The quantitative estimate of drug-likeness (QED) is 0.555. The van der Waals surface area contributed by atoms with Crippen molar-refractivity contribution < 1.29 is 14.0 Å². The Kier molecular flexibility index (Phi) is 7.38. The minimum absolute atomic E-state index is 0.208. The summed E-state index contributed by atoms with van der Waals surface area (Å²) in [6, 6.07) is 20.2. The molecule has 0 atom stereocenters. The van der Waals surface area contributed by atoms with E-state index in [9.17, 15) is 14.0 Å². The predicted molar refractivity (Wildman–Crippen MR) is 122 cm³/mol. The number of halogens is 1. The molecule has 0 aliphatic rings. The first-order valence-electron chi connectivity index (χ1n) is 10.2. The lowest BCUT2D eigenvalue weighted by Crippen LogP contribution is -2.41. The van der Waals surface area contributed by atoms with E-state index in [-0.39, 0.29) is 30.8 Å². The molecule has 3 amide bonds. The normalized spacial score (nSPS) is 10.4. The van der Waals surface area contributed by atoms with Crippen LogP contribution in [0.25, 0.3) is 0 Å². The number of carbonyl (C=O) groups is 2. The van der Waals surface area contributed by atoms with Gasteiger partial charge >= 0.3 is 6.03 Å². The number of carbonyl (C=O) groups excluding carboxylic acids is 2.